The second kappa shape index (κ2) is 10.6. The Kier molecular flexibility index (Phi) is 7.85. The maximum Gasteiger partial charge on any atom is 0.419 e. The highest BCUT2D eigenvalue weighted by Crippen LogP contribution is 2.36. The smallest absolute Gasteiger partial charge is 0.368 e. The van der Waals surface area contributed by atoms with Crippen molar-refractivity contribution in [2.24, 2.45) is 0 Å². The van der Waals surface area contributed by atoms with Crippen LogP contribution in [0.3, 0.4) is 0 Å². The van der Waals surface area contributed by atoms with Gasteiger partial charge in [0, 0.05) is 31.6 Å². The Hall–Kier alpha value is -2.66. The number of likely N-dealkylation sites (N-methyl/N-ethyl adjacent to an activating group) is 1. The fourth-order valence-corrected chi connectivity index (χ4v) is 4.92. The molecule has 1 unspecified atom stereocenters. The van der Waals surface area contributed by atoms with E-state index in [-0.39, 0.29) is 48.3 Å². The first-order chi connectivity index (χ1) is 17.3. The molecule has 1 aliphatic heterocycles. The fraction of sp³-hybridized carbons (Fsp3) is 0.292. The number of anilines is 1. The van der Waals surface area contributed by atoms with Crippen molar-refractivity contribution in [3.8, 4) is 0 Å². The molecule has 1 aromatic heterocycles. The summed E-state index contributed by atoms with van der Waals surface area (Å²) >= 11 is 18.5. The molecule has 2 heterocycles. The highest BCUT2D eigenvalue weighted by atomic mass is 35.5. The molecule has 2 aromatic carbocycles. The highest BCUT2D eigenvalue weighted by Gasteiger charge is 2.40. The van der Waals surface area contributed by atoms with E-state index in [1.807, 2.05) is 4.90 Å². The molecule has 0 saturated carbocycles. The number of likely N-dealkylation sites (tertiary alicyclic amines) is 1. The minimum absolute atomic E-state index is 0.0438. The van der Waals surface area contributed by atoms with E-state index >= 15 is 0 Å². The molecule has 2 N–H and O–H groups in total. The summed E-state index contributed by atoms with van der Waals surface area (Å²) in [7, 11) is 1.74. The summed E-state index contributed by atoms with van der Waals surface area (Å²) in [5, 5.41) is 0.744. The first-order valence-electron chi connectivity index (χ1n) is 10.9. The van der Waals surface area contributed by atoms with Gasteiger partial charge >= 0.3 is 6.18 Å². The third-order valence-electron chi connectivity index (χ3n) is 6.25. The van der Waals surface area contributed by atoms with Crippen LogP contribution in [0.5, 0.6) is 0 Å². The molecule has 6 nitrogen and oxygen atoms in total. The number of nitrogens with zero attached hydrogens (tertiary/aromatic N) is 4. The molecular weight excluding hydrogens is 557 g/mol. The minimum Gasteiger partial charge on any atom is -0.368 e. The Morgan fingerprint density at radius 2 is 1.84 bits per heavy atom. The van der Waals surface area contributed by atoms with Gasteiger partial charge in [-0.25, -0.2) is 14.4 Å². The van der Waals surface area contributed by atoms with Crippen LogP contribution < -0.4 is 5.73 Å². The average Bonchev–Trinajstić information content (AvgIpc) is 3.27. The number of benzene rings is 2. The fourth-order valence-electron chi connectivity index (χ4n) is 4.44. The maximum absolute atomic E-state index is 14.2. The second-order valence-corrected chi connectivity index (χ2v) is 9.93. The average molecular weight is 577 g/mol. The van der Waals surface area contributed by atoms with Crippen LogP contribution >= 0.6 is 34.8 Å². The Balaban J connectivity index is 1.63. The van der Waals surface area contributed by atoms with Gasteiger partial charge in [0.2, 0.25) is 5.95 Å². The number of hydrogen-bond acceptors (Lipinski definition) is 5. The van der Waals surface area contributed by atoms with Crippen molar-refractivity contribution in [2.75, 3.05) is 25.9 Å². The van der Waals surface area contributed by atoms with E-state index in [1.54, 1.807) is 30.1 Å². The Morgan fingerprint density at radius 1 is 1.11 bits per heavy atom. The number of nitrogens with two attached hydrogens (primary N) is 1. The molecule has 37 heavy (non-hydrogen) atoms. The summed E-state index contributed by atoms with van der Waals surface area (Å²) in [6.07, 6.45) is -3.54. The zero-order valence-electron chi connectivity index (χ0n) is 19.2. The van der Waals surface area contributed by atoms with E-state index in [0.717, 1.165) is 17.7 Å². The summed E-state index contributed by atoms with van der Waals surface area (Å²) < 4.78 is 53.1. The molecule has 1 saturated heterocycles. The molecule has 196 valence electrons. The lowest BCUT2D eigenvalue weighted by atomic mass is 9.93. The van der Waals surface area contributed by atoms with Crippen molar-refractivity contribution in [2.45, 2.75) is 24.7 Å². The molecule has 2 atom stereocenters. The van der Waals surface area contributed by atoms with E-state index < -0.39 is 23.5 Å². The van der Waals surface area contributed by atoms with E-state index in [1.165, 1.54) is 12.3 Å². The first-order valence-corrected chi connectivity index (χ1v) is 12.1. The zero-order valence-corrected chi connectivity index (χ0v) is 21.5. The number of carbonyl (C=O) groups is 1. The van der Waals surface area contributed by atoms with Crippen molar-refractivity contribution in [1.29, 1.82) is 0 Å². The molecule has 0 aliphatic carbocycles. The maximum atomic E-state index is 14.2. The minimum atomic E-state index is -4.79. The molecule has 1 fully saturated rings. The van der Waals surface area contributed by atoms with Gasteiger partial charge in [-0.3, -0.25) is 9.69 Å². The number of nitrogen functional groups attached to an aromatic ring is 1. The lowest BCUT2D eigenvalue weighted by Crippen LogP contribution is -2.38. The molecule has 0 spiro atoms. The predicted molar refractivity (Wildman–Crippen MR) is 133 cm³/mol. The van der Waals surface area contributed by atoms with Crippen LogP contribution in [-0.4, -0.2) is 51.9 Å². The van der Waals surface area contributed by atoms with Gasteiger partial charge in [-0.2, -0.15) is 13.2 Å². The van der Waals surface area contributed by atoms with E-state index in [9.17, 15) is 22.4 Å². The summed E-state index contributed by atoms with van der Waals surface area (Å²) in [4.78, 5) is 24.4. The third-order valence-corrected chi connectivity index (χ3v) is 7.27. The van der Waals surface area contributed by atoms with Gasteiger partial charge in [0.1, 0.15) is 5.82 Å². The lowest BCUT2D eigenvalue weighted by molar-refractivity contribution is -0.140. The monoisotopic (exact) mass is 575 g/mol. The van der Waals surface area contributed by atoms with Gasteiger partial charge in [-0.1, -0.05) is 46.9 Å². The second-order valence-electron chi connectivity index (χ2n) is 8.71. The molecule has 1 amide bonds. The zero-order chi connectivity index (χ0) is 27.1. The predicted octanol–water partition coefficient (Wildman–Crippen LogP) is 5.92. The van der Waals surface area contributed by atoms with Gasteiger partial charge in [-0.05, 0) is 42.4 Å². The molecule has 1 aliphatic rings. The van der Waals surface area contributed by atoms with E-state index in [2.05, 4.69) is 9.97 Å². The Labute approximate surface area is 224 Å². The quantitative estimate of drug-likeness (QED) is 0.382. The number of rotatable bonds is 5. The normalized spacial score (nSPS) is 18.0. The Morgan fingerprint density at radius 3 is 2.49 bits per heavy atom. The van der Waals surface area contributed by atoms with Crippen LogP contribution in [0.1, 0.15) is 33.1 Å². The SMILES string of the molecule is CN(Cc1ccc(C(F)(F)F)c(F)c1)C1CN(C(=O)c2nc(N)ncc2Cl)C[C@@H]1c1ccc(Cl)c(Cl)c1. The molecule has 0 bridgehead atoms. The highest BCUT2D eigenvalue weighted by molar-refractivity contribution is 6.42. The first kappa shape index (κ1) is 27.4. The molecule has 4 rings (SSSR count). The standard InChI is InChI=1S/C24H20Cl3F4N5O/c1-35(9-12-2-4-15(19(28)6-12)24(29,30)31)20-11-36(22(37)21-18(27)8-33-23(32)34-21)10-14(20)13-3-5-16(25)17(26)7-13/h2-8,14,20H,9-11H2,1H3,(H2,32,33,34)/t14-,20?/m1/s1. The third kappa shape index (κ3) is 5.93. The van der Waals surface area contributed by atoms with Crippen LogP contribution in [0, 0.1) is 5.82 Å². The number of hydrogen-bond donors (Lipinski definition) is 1. The summed E-state index contributed by atoms with van der Waals surface area (Å²) in [6, 6.07) is 7.66. The number of halogens is 7. The summed E-state index contributed by atoms with van der Waals surface area (Å²) in [5.74, 6) is -2.17. The molecule has 0 radical (unpaired) electrons. The van der Waals surface area contributed by atoms with Crippen LogP contribution in [-0.2, 0) is 12.7 Å². The van der Waals surface area contributed by atoms with Gasteiger partial charge in [0.15, 0.2) is 5.69 Å². The van der Waals surface area contributed by atoms with Crippen LogP contribution in [0.4, 0.5) is 23.5 Å². The van der Waals surface area contributed by atoms with Crippen molar-refractivity contribution in [3.05, 3.63) is 85.9 Å². The number of alkyl halides is 3. The van der Waals surface area contributed by atoms with Gasteiger partial charge in [0.25, 0.3) is 5.91 Å². The van der Waals surface area contributed by atoms with Crippen LogP contribution in [0.25, 0.3) is 0 Å². The topological polar surface area (TPSA) is 75.3 Å². The summed E-state index contributed by atoms with van der Waals surface area (Å²) in [5.41, 5.74) is 5.41. The van der Waals surface area contributed by atoms with E-state index in [0.29, 0.717) is 15.6 Å². The summed E-state index contributed by atoms with van der Waals surface area (Å²) in [6.45, 7) is 0.609. The van der Waals surface area contributed by atoms with Gasteiger partial charge in [0.05, 0.1) is 26.8 Å². The largest absolute Gasteiger partial charge is 0.419 e. The molecule has 3 aromatic rings. The number of amides is 1. The van der Waals surface area contributed by atoms with Crippen molar-refractivity contribution < 1.29 is 22.4 Å². The molecule has 13 heteroatoms. The van der Waals surface area contributed by atoms with Gasteiger partial charge < -0.3 is 10.6 Å². The van der Waals surface area contributed by atoms with Crippen LogP contribution in [0.2, 0.25) is 15.1 Å². The molecular formula is C24H20Cl3F4N5O. The van der Waals surface area contributed by atoms with Crippen molar-refractivity contribution in [1.82, 2.24) is 19.8 Å². The van der Waals surface area contributed by atoms with Crippen molar-refractivity contribution >= 4 is 46.7 Å². The van der Waals surface area contributed by atoms with E-state index in [4.69, 9.17) is 40.5 Å². The van der Waals surface area contributed by atoms with Crippen LogP contribution in [0.15, 0.2) is 42.6 Å². The van der Waals surface area contributed by atoms with Crippen molar-refractivity contribution in [3.63, 3.8) is 0 Å². The van der Waals surface area contributed by atoms with Gasteiger partial charge in [-0.15, -0.1) is 0 Å². The lowest BCUT2D eigenvalue weighted by Gasteiger charge is -2.29. The number of carbonyl (C=O) groups excluding carboxylic acids is 1. The Bertz CT molecular complexity index is 1340. The number of aromatic nitrogens is 2.